The van der Waals surface area contributed by atoms with Crippen LogP contribution in [-0.4, -0.2) is 16.6 Å². The molecule has 1 fully saturated rings. The highest BCUT2D eigenvalue weighted by molar-refractivity contribution is 14.1. The van der Waals surface area contributed by atoms with E-state index in [0.717, 1.165) is 0 Å². The molecule has 0 bridgehead atoms. The molecule has 2 heteroatoms. The standard InChI is InChI=1S/C10H19IO/c1-2-3-4-5-9-6-7-10(8-11)12-9/h9-10H,2-8H2,1H3/t9-,10+/m1/s1. The van der Waals surface area contributed by atoms with E-state index in [9.17, 15) is 0 Å². The minimum absolute atomic E-state index is 0.567. The Morgan fingerprint density at radius 1 is 1.25 bits per heavy atom. The monoisotopic (exact) mass is 282 g/mol. The van der Waals surface area contributed by atoms with Crippen LogP contribution in [-0.2, 0) is 4.74 Å². The van der Waals surface area contributed by atoms with E-state index in [0.29, 0.717) is 12.2 Å². The van der Waals surface area contributed by atoms with Crippen molar-refractivity contribution >= 4 is 22.6 Å². The zero-order valence-corrected chi connectivity index (χ0v) is 10.0. The van der Waals surface area contributed by atoms with Gasteiger partial charge < -0.3 is 4.74 Å². The van der Waals surface area contributed by atoms with Crippen molar-refractivity contribution in [3.05, 3.63) is 0 Å². The Balaban J connectivity index is 2.03. The van der Waals surface area contributed by atoms with Crippen molar-refractivity contribution in [1.82, 2.24) is 0 Å². The summed E-state index contributed by atoms with van der Waals surface area (Å²) >= 11 is 2.42. The molecule has 0 amide bonds. The predicted octanol–water partition coefficient (Wildman–Crippen LogP) is 3.55. The molecule has 0 aromatic carbocycles. The highest BCUT2D eigenvalue weighted by Crippen LogP contribution is 2.24. The highest BCUT2D eigenvalue weighted by atomic mass is 127. The smallest absolute Gasteiger partial charge is 0.0669 e. The predicted molar refractivity (Wildman–Crippen MR) is 60.9 cm³/mol. The highest BCUT2D eigenvalue weighted by Gasteiger charge is 2.23. The molecule has 1 nitrogen and oxygen atoms in total. The molecule has 0 radical (unpaired) electrons. The quantitative estimate of drug-likeness (QED) is 0.425. The van der Waals surface area contributed by atoms with Crippen LogP contribution in [0.3, 0.4) is 0 Å². The van der Waals surface area contributed by atoms with Crippen LogP contribution in [0.2, 0.25) is 0 Å². The van der Waals surface area contributed by atoms with Crippen LogP contribution in [0, 0.1) is 0 Å². The molecule has 1 rings (SSSR count). The molecule has 12 heavy (non-hydrogen) atoms. The average molecular weight is 282 g/mol. The van der Waals surface area contributed by atoms with Gasteiger partial charge in [0.05, 0.1) is 12.2 Å². The van der Waals surface area contributed by atoms with Gasteiger partial charge in [-0.05, 0) is 19.3 Å². The lowest BCUT2D eigenvalue weighted by atomic mass is 10.1. The molecule has 1 aliphatic heterocycles. The van der Waals surface area contributed by atoms with Gasteiger partial charge in [-0.1, -0.05) is 48.8 Å². The topological polar surface area (TPSA) is 9.23 Å². The lowest BCUT2D eigenvalue weighted by Gasteiger charge is -2.10. The van der Waals surface area contributed by atoms with Crippen molar-refractivity contribution < 1.29 is 4.74 Å². The molecule has 1 heterocycles. The molecule has 1 aliphatic rings. The van der Waals surface area contributed by atoms with Gasteiger partial charge >= 0.3 is 0 Å². The summed E-state index contributed by atoms with van der Waals surface area (Å²) in [6, 6.07) is 0. The molecule has 0 aromatic heterocycles. The van der Waals surface area contributed by atoms with Crippen molar-refractivity contribution in [1.29, 1.82) is 0 Å². The van der Waals surface area contributed by atoms with Crippen molar-refractivity contribution in [2.75, 3.05) is 4.43 Å². The van der Waals surface area contributed by atoms with Gasteiger partial charge in [0.25, 0.3) is 0 Å². The number of rotatable bonds is 5. The first kappa shape index (κ1) is 10.8. The number of hydrogen-bond donors (Lipinski definition) is 0. The zero-order chi connectivity index (χ0) is 8.81. The molecule has 0 saturated carbocycles. The Labute approximate surface area is 89.4 Å². The van der Waals surface area contributed by atoms with Crippen LogP contribution in [0.5, 0.6) is 0 Å². The van der Waals surface area contributed by atoms with Crippen LogP contribution < -0.4 is 0 Å². The molecule has 0 N–H and O–H groups in total. The summed E-state index contributed by atoms with van der Waals surface area (Å²) in [5.41, 5.74) is 0. The van der Waals surface area contributed by atoms with E-state index in [4.69, 9.17) is 4.74 Å². The number of halogens is 1. The van der Waals surface area contributed by atoms with Crippen molar-refractivity contribution in [3.63, 3.8) is 0 Å². The first-order valence-electron chi connectivity index (χ1n) is 5.08. The second-order valence-electron chi connectivity index (χ2n) is 3.61. The van der Waals surface area contributed by atoms with Crippen LogP contribution in [0.1, 0.15) is 45.4 Å². The third kappa shape index (κ3) is 3.60. The summed E-state index contributed by atoms with van der Waals surface area (Å²) in [5.74, 6) is 0. The summed E-state index contributed by atoms with van der Waals surface area (Å²) in [6.45, 7) is 2.25. The summed E-state index contributed by atoms with van der Waals surface area (Å²) in [7, 11) is 0. The normalized spacial score (nSPS) is 29.5. The van der Waals surface area contributed by atoms with Crippen LogP contribution in [0.15, 0.2) is 0 Å². The van der Waals surface area contributed by atoms with E-state index in [1.165, 1.54) is 43.0 Å². The third-order valence-corrected chi connectivity index (χ3v) is 3.48. The lowest BCUT2D eigenvalue weighted by molar-refractivity contribution is 0.0534. The maximum absolute atomic E-state index is 5.85. The van der Waals surface area contributed by atoms with E-state index < -0.39 is 0 Å². The first-order chi connectivity index (χ1) is 5.86. The largest absolute Gasteiger partial charge is 0.374 e. The summed E-state index contributed by atoms with van der Waals surface area (Å²) in [4.78, 5) is 0. The van der Waals surface area contributed by atoms with E-state index in [2.05, 4.69) is 29.5 Å². The number of alkyl halides is 1. The van der Waals surface area contributed by atoms with Gasteiger partial charge in [0.15, 0.2) is 0 Å². The maximum atomic E-state index is 5.85. The van der Waals surface area contributed by atoms with Gasteiger partial charge in [0.1, 0.15) is 0 Å². The molecular formula is C10H19IO. The van der Waals surface area contributed by atoms with E-state index >= 15 is 0 Å². The van der Waals surface area contributed by atoms with E-state index in [-0.39, 0.29) is 0 Å². The fourth-order valence-corrected chi connectivity index (χ4v) is 2.38. The van der Waals surface area contributed by atoms with Crippen LogP contribution in [0.4, 0.5) is 0 Å². The molecule has 0 unspecified atom stereocenters. The molecule has 0 spiro atoms. The molecule has 1 saturated heterocycles. The Morgan fingerprint density at radius 2 is 2.00 bits per heavy atom. The van der Waals surface area contributed by atoms with Gasteiger partial charge in [-0.25, -0.2) is 0 Å². The summed E-state index contributed by atoms with van der Waals surface area (Å²) in [5, 5.41) is 0. The third-order valence-electron chi connectivity index (χ3n) is 2.50. The van der Waals surface area contributed by atoms with Gasteiger partial charge in [-0.15, -0.1) is 0 Å². The molecule has 72 valence electrons. The minimum Gasteiger partial charge on any atom is -0.374 e. The SMILES string of the molecule is CCCCC[C@@H]1CC[C@@H](CI)O1. The van der Waals surface area contributed by atoms with Crippen molar-refractivity contribution in [2.24, 2.45) is 0 Å². The number of ether oxygens (including phenoxy) is 1. The Morgan fingerprint density at radius 3 is 2.58 bits per heavy atom. The second kappa shape index (κ2) is 6.19. The summed E-state index contributed by atoms with van der Waals surface area (Å²) in [6.07, 6.45) is 9.10. The lowest BCUT2D eigenvalue weighted by Crippen LogP contribution is -2.11. The summed E-state index contributed by atoms with van der Waals surface area (Å²) < 4.78 is 7.02. The fraction of sp³-hybridized carbons (Fsp3) is 1.00. The van der Waals surface area contributed by atoms with Gasteiger partial charge in [-0.2, -0.15) is 0 Å². The van der Waals surface area contributed by atoms with Gasteiger partial charge in [-0.3, -0.25) is 0 Å². The zero-order valence-electron chi connectivity index (χ0n) is 7.89. The average Bonchev–Trinajstić information content (AvgIpc) is 2.53. The first-order valence-corrected chi connectivity index (χ1v) is 6.60. The number of unbranched alkanes of at least 4 members (excludes halogenated alkanes) is 2. The Bertz CT molecular complexity index is 116. The minimum atomic E-state index is 0.567. The van der Waals surface area contributed by atoms with Crippen LogP contribution in [0.25, 0.3) is 0 Å². The van der Waals surface area contributed by atoms with E-state index in [1.807, 2.05) is 0 Å². The maximum Gasteiger partial charge on any atom is 0.0669 e. The Hall–Kier alpha value is 0.690. The molecule has 2 atom stereocenters. The second-order valence-corrected chi connectivity index (χ2v) is 4.49. The fourth-order valence-electron chi connectivity index (χ4n) is 1.73. The molecule has 0 aliphatic carbocycles. The molecular weight excluding hydrogens is 263 g/mol. The van der Waals surface area contributed by atoms with E-state index in [1.54, 1.807) is 0 Å². The molecule has 0 aromatic rings. The van der Waals surface area contributed by atoms with Gasteiger partial charge in [0.2, 0.25) is 0 Å². The number of hydrogen-bond acceptors (Lipinski definition) is 1. The van der Waals surface area contributed by atoms with Crippen molar-refractivity contribution in [3.8, 4) is 0 Å². The van der Waals surface area contributed by atoms with Gasteiger partial charge in [0, 0.05) is 4.43 Å². The van der Waals surface area contributed by atoms with Crippen molar-refractivity contribution in [2.45, 2.75) is 57.7 Å². The van der Waals surface area contributed by atoms with Crippen LogP contribution >= 0.6 is 22.6 Å². The Kier molecular flexibility index (Phi) is 5.56.